The zero-order valence-electron chi connectivity index (χ0n) is 12.3. The minimum absolute atomic E-state index is 0.0672. The molecule has 0 saturated carbocycles. The Morgan fingerprint density at radius 1 is 1.11 bits per heavy atom. The van der Waals surface area contributed by atoms with Crippen LogP contribution in [0, 0.1) is 0 Å². The third kappa shape index (κ3) is 2.69. The smallest absolute Gasteiger partial charge is 0.272 e. The summed E-state index contributed by atoms with van der Waals surface area (Å²) in [6.45, 7) is 11.9. The highest BCUT2D eigenvalue weighted by Gasteiger charge is 2.51. The highest BCUT2D eigenvalue weighted by atomic mass is 19.3. The summed E-state index contributed by atoms with van der Waals surface area (Å²) in [5.41, 5.74) is 0.0775. The first-order valence-corrected chi connectivity index (χ1v) is 6.91. The monoisotopic (exact) mass is 260 g/mol. The van der Waals surface area contributed by atoms with Crippen LogP contribution in [-0.2, 0) is 0 Å². The molecular weight excluding hydrogens is 234 g/mol. The van der Waals surface area contributed by atoms with Gasteiger partial charge in [-0.25, -0.2) is 8.78 Å². The minimum Gasteiger partial charge on any atom is -0.295 e. The number of nitrogens with zero attached hydrogens (tertiary/aromatic N) is 2. The molecule has 1 atom stereocenters. The van der Waals surface area contributed by atoms with Crippen molar-refractivity contribution >= 4 is 0 Å². The van der Waals surface area contributed by atoms with E-state index < -0.39 is 5.92 Å². The van der Waals surface area contributed by atoms with Crippen molar-refractivity contribution in [3.8, 4) is 0 Å². The van der Waals surface area contributed by atoms with Crippen LogP contribution in [0.2, 0.25) is 0 Å². The molecule has 0 bridgehead atoms. The first-order chi connectivity index (χ1) is 8.01. The van der Waals surface area contributed by atoms with Crippen molar-refractivity contribution in [2.45, 2.75) is 70.5 Å². The fourth-order valence-electron chi connectivity index (χ4n) is 3.18. The summed E-state index contributed by atoms with van der Waals surface area (Å²) in [4.78, 5) is 4.42. The Morgan fingerprint density at radius 3 is 2.00 bits per heavy atom. The van der Waals surface area contributed by atoms with Gasteiger partial charge in [0.15, 0.2) is 0 Å². The number of halogens is 2. The van der Waals surface area contributed by atoms with Gasteiger partial charge in [0.1, 0.15) is 0 Å². The lowest BCUT2D eigenvalue weighted by molar-refractivity contribution is -0.171. The van der Waals surface area contributed by atoms with Gasteiger partial charge in [0.25, 0.3) is 5.92 Å². The van der Waals surface area contributed by atoms with Gasteiger partial charge in [-0.1, -0.05) is 0 Å². The summed E-state index contributed by atoms with van der Waals surface area (Å²) in [6.07, 6.45) is 2.19. The van der Waals surface area contributed by atoms with Crippen LogP contribution >= 0.6 is 0 Å². The Kier molecular flexibility index (Phi) is 3.26. The lowest BCUT2D eigenvalue weighted by atomic mass is 9.82. The van der Waals surface area contributed by atoms with Gasteiger partial charge in [-0.05, 0) is 47.5 Å². The van der Waals surface area contributed by atoms with Gasteiger partial charge < -0.3 is 0 Å². The molecule has 2 heterocycles. The molecule has 0 radical (unpaired) electrons. The normalized spacial score (nSPS) is 29.8. The number of hydrogen-bond donors (Lipinski definition) is 0. The predicted molar refractivity (Wildman–Crippen MR) is 70.1 cm³/mol. The Bertz CT molecular complexity index is 312. The molecule has 0 aromatic heterocycles. The van der Waals surface area contributed by atoms with Crippen molar-refractivity contribution in [3.05, 3.63) is 0 Å². The number of hydrogen-bond acceptors (Lipinski definition) is 2. The molecule has 2 fully saturated rings. The van der Waals surface area contributed by atoms with Crippen LogP contribution in [0.5, 0.6) is 0 Å². The standard InChI is InChI=1S/C14H26F2N2/c1-12(2,3)18-7-6-11(18)8-13(4,5)17-9-14(15,16)10-17/h11H,6-10H2,1-5H3. The summed E-state index contributed by atoms with van der Waals surface area (Å²) in [5.74, 6) is -2.46. The first kappa shape index (κ1) is 14.2. The van der Waals surface area contributed by atoms with E-state index in [0.717, 1.165) is 13.0 Å². The van der Waals surface area contributed by atoms with Crippen LogP contribution in [0.4, 0.5) is 8.78 Å². The van der Waals surface area contributed by atoms with Crippen LogP contribution in [0.25, 0.3) is 0 Å². The van der Waals surface area contributed by atoms with E-state index in [2.05, 4.69) is 39.5 Å². The second-order valence-corrected chi connectivity index (χ2v) is 7.54. The molecule has 0 aliphatic carbocycles. The van der Waals surface area contributed by atoms with E-state index in [1.54, 1.807) is 0 Å². The molecule has 0 spiro atoms. The molecule has 2 rings (SSSR count). The zero-order chi connectivity index (χ0) is 13.8. The summed E-state index contributed by atoms with van der Waals surface area (Å²) >= 11 is 0. The van der Waals surface area contributed by atoms with E-state index in [4.69, 9.17) is 0 Å². The molecule has 2 aliphatic rings. The maximum atomic E-state index is 13.0. The van der Waals surface area contributed by atoms with Gasteiger partial charge in [0, 0.05) is 23.7 Å². The lowest BCUT2D eigenvalue weighted by Gasteiger charge is -2.55. The van der Waals surface area contributed by atoms with Crippen LogP contribution in [0.3, 0.4) is 0 Å². The maximum absolute atomic E-state index is 13.0. The van der Waals surface area contributed by atoms with Crippen LogP contribution in [0.15, 0.2) is 0 Å². The molecule has 106 valence electrons. The highest BCUT2D eigenvalue weighted by molar-refractivity contribution is 5.01. The van der Waals surface area contributed by atoms with Crippen LogP contribution in [0.1, 0.15) is 47.5 Å². The van der Waals surface area contributed by atoms with Crippen molar-refractivity contribution < 1.29 is 8.78 Å². The third-order valence-electron chi connectivity index (χ3n) is 4.44. The zero-order valence-corrected chi connectivity index (χ0v) is 12.3. The molecule has 2 saturated heterocycles. The maximum Gasteiger partial charge on any atom is 0.272 e. The fourth-order valence-corrected chi connectivity index (χ4v) is 3.18. The van der Waals surface area contributed by atoms with Crippen molar-refractivity contribution in [1.82, 2.24) is 9.80 Å². The second kappa shape index (κ2) is 4.14. The van der Waals surface area contributed by atoms with Crippen LogP contribution < -0.4 is 0 Å². The topological polar surface area (TPSA) is 6.48 Å². The summed E-state index contributed by atoms with van der Waals surface area (Å²) in [5, 5.41) is 0. The van der Waals surface area contributed by atoms with Gasteiger partial charge in [-0.15, -0.1) is 0 Å². The van der Waals surface area contributed by atoms with E-state index in [-0.39, 0.29) is 24.2 Å². The average Bonchev–Trinajstić information content (AvgIpc) is 2.05. The van der Waals surface area contributed by atoms with Crippen molar-refractivity contribution in [3.63, 3.8) is 0 Å². The molecule has 0 N–H and O–H groups in total. The van der Waals surface area contributed by atoms with Crippen molar-refractivity contribution in [2.75, 3.05) is 19.6 Å². The van der Waals surface area contributed by atoms with E-state index in [9.17, 15) is 8.78 Å². The quantitative estimate of drug-likeness (QED) is 0.769. The minimum atomic E-state index is -2.46. The van der Waals surface area contributed by atoms with Crippen molar-refractivity contribution in [1.29, 1.82) is 0 Å². The SMILES string of the molecule is CC(C)(C)N1CCC1CC(C)(C)N1CC(F)(F)C1. The predicted octanol–water partition coefficient (Wildman–Crippen LogP) is 2.98. The molecule has 2 aliphatic heterocycles. The Labute approximate surface area is 109 Å². The highest BCUT2D eigenvalue weighted by Crippen LogP contribution is 2.39. The molecule has 18 heavy (non-hydrogen) atoms. The molecule has 0 amide bonds. The van der Waals surface area contributed by atoms with Gasteiger partial charge in [0.05, 0.1) is 13.1 Å². The lowest BCUT2D eigenvalue weighted by Crippen LogP contribution is -2.66. The molecule has 0 aromatic carbocycles. The Hall–Kier alpha value is -0.220. The summed E-state index contributed by atoms with van der Waals surface area (Å²) in [6, 6.07) is 0.550. The third-order valence-corrected chi connectivity index (χ3v) is 4.44. The van der Waals surface area contributed by atoms with Crippen LogP contribution in [-0.4, -0.2) is 52.5 Å². The Balaban J connectivity index is 1.90. The molecule has 0 aromatic rings. The molecular formula is C14H26F2N2. The second-order valence-electron chi connectivity index (χ2n) is 7.54. The number of alkyl halides is 2. The molecule has 2 nitrogen and oxygen atoms in total. The van der Waals surface area contributed by atoms with Gasteiger partial charge in [-0.2, -0.15) is 0 Å². The van der Waals surface area contributed by atoms with E-state index in [1.165, 1.54) is 6.42 Å². The average molecular weight is 260 g/mol. The molecule has 4 heteroatoms. The number of likely N-dealkylation sites (tertiary alicyclic amines) is 2. The largest absolute Gasteiger partial charge is 0.295 e. The fraction of sp³-hybridized carbons (Fsp3) is 1.00. The van der Waals surface area contributed by atoms with E-state index >= 15 is 0 Å². The first-order valence-electron chi connectivity index (χ1n) is 6.91. The summed E-state index contributed by atoms with van der Waals surface area (Å²) < 4.78 is 25.9. The van der Waals surface area contributed by atoms with E-state index in [1.807, 2.05) is 4.90 Å². The van der Waals surface area contributed by atoms with E-state index in [0.29, 0.717) is 6.04 Å². The Morgan fingerprint density at radius 2 is 1.67 bits per heavy atom. The summed E-state index contributed by atoms with van der Waals surface area (Å²) in [7, 11) is 0. The van der Waals surface area contributed by atoms with Gasteiger partial charge in [0.2, 0.25) is 0 Å². The molecule has 1 unspecified atom stereocenters. The van der Waals surface area contributed by atoms with Crippen molar-refractivity contribution in [2.24, 2.45) is 0 Å². The van der Waals surface area contributed by atoms with Gasteiger partial charge >= 0.3 is 0 Å². The number of rotatable bonds is 3. The van der Waals surface area contributed by atoms with Gasteiger partial charge in [-0.3, -0.25) is 9.80 Å².